The number of alkyl halides is 3. The number of amides is 1. The van der Waals surface area contributed by atoms with Crippen LogP contribution in [-0.2, 0) is 45.8 Å². The van der Waals surface area contributed by atoms with E-state index in [0.717, 1.165) is 12.1 Å². The van der Waals surface area contributed by atoms with Gasteiger partial charge in [-0.15, -0.1) is 0 Å². The van der Waals surface area contributed by atoms with E-state index >= 15 is 0 Å². The van der Waals surface area contributed by atoms with E-state index < -0.39 is 31.3 Å². The zero-order valence-corrected chi connectivity index (χ0v) is 25.8. The molecule has 0 fully saturated rings. The minimum absolute atomic E-state index is 0.0244. The summed E-state index contributed by atoms with van der Waals surface area (Å²) in [7, 11) is -4.42. The number of benzene rings is 3. The summed E-state index contributed by atoms with van der Waals surface area (Å²) in [6, 6.07) is 21.3. The summed E-state index contributed by atoms with van der Waals surface area (Å²) in [5, 5.41) is 4.59. The van der Waals surface area contributed by atoms with E-state index in [1.54, 1.807) is 67.6 Å². The smallest absolute Gasteiger partial charge is 0.365 e. The second-order valence-electron chi connectivity index (χ2n) is 10.7. The molecule has 0 radical (unpaired) electrons. The molecule has 1 amide bonds. The van der Waals surface area contributed by atoms with Crippen molar-refractivity contribution < 1.29 is 40.9 Å². The van der Waals surface area contributed by atoms with Crippen LogP contribution in [0.3, 0.4) is 0 Å². The van der Waals surface area contributed by atoms with E-state index in [1.807, 2.05) is 6.07 Å². The summed E-state index contributed by atoms with van der Waals surface area (Å²) in [4.78, 5) is 27.1. The van der Waals surface area contributed by atoms with Crippen molar-refractivity contribution in [1.82, 2.24) is 14.8 Å². The number of rotatable bonds is 12. The number of aromatic nitrogens is 3. The highest BCUT2D eigenvalue weighted by Crippen LogP contribution is 2.45. The number of pyridine rings is 1. The second kappa shape index (κ2) is 14.0. The molecule has 0 aliphatic carbocycles. The first-order valence-corrected chi connectivity index (χ1v) is 15.7. The summed E-state index contributed by atoms with van der Waals surface area (Å²) in [6.07, 6.45) is -3.20. The Bertz CT molecular complexity index is 1950. The average Bonchev–Trinajstić information content (AvgIpc) is 3.35. The third-order valence-electron chi connectivity index (χ3n) is 7.25. The van der Waals surface area contributed by atoms with Crippen molar-refractivity contribution in [3.05, 3.63) is 147 Å². The Hall–Kier alpha value is -4.68. The van der Waals surface area contributed by atoms with Gasteiger partial charge in [0.1, 0.15) is 5.82 Å². The Balaban J connectivity index is 1.37. The maximum Gasteiger partial charge on any atom is 0.472 e. The molecule has 1 atom stereocenters. The largest absolute Gasteiger partial charge is 0.472 e. The van der Waals surface area contributed by atoms with Crippen molar-refractivity contribution in [1.29, 1.82) is 0 Å². The van der Waals surface area contributed by atoms with Gasteiger partial charge in [0, 0.05) is 12.6 Å². The molecule has 2 heterocycles. The molecular formula is C33H29F4N4O5P. The fourth-order valence-corrected chi connectivity index (χ4v) is 5.72. The van der Waals surface area contributed by atoms with Gasteiger partial charge in [-0.2, -0.15) is 18.3 Å². The number of phosphoric ester groups is 1. The molecule has 5 aromatic rings. The number of nitrogens with two attached hydrogens (primary N) is 1. The number of carbonyl (C=O) groups is 1. The molecule has 1 unspecified atom stereocenters. The number of primary amides is 1. The molecule has 9 nitrogen and oxygen atoms in total. The van der Waals surface area contributed by atoms with Gasteiger partial charge in [0.15, 0.2) is 5.82 Å². The average molecular weight is 669 g/mol. The zero-order valence-electron chi connectivity index (χ0n) is 24.9. The van der Waals surface area contributed by atoms with Crippen molar-refractivity contribution in [3.63, 3.8) is 0 Å². The number of halogens is 4. The number of phosphoric acid groups is 1. The Morgan fingerprint density at radius 2 is 1.57 bits per heavy atom. The highest BCUT2D eigenvalue weighted by atomic mass is 31.2. The second-order valence-corrected chi connectivity index (χ2v) is 12.1. The van der Waals surface area contributed by atoms with Gasteiger partial charge in [-0.3, -0.25) is 13.8 Å². The summed E-state index contributed by atoms with van der Waals surface area (Å²) in [5.74, 6) is -1.49. The van der Waals surface area contributed by atoms with Crippen molar-refractivity contribution in [2.75, 3.05) is 0 Å². The number of nitrogens with zero attached hydrogens (tertiary/aromatic N) is 3. The summed E-state index contributed by atoms with van der Waals surface area (Å²) in [6.45, 7) is 1.22. The standard InChI is InChI=1S/C33H29F4N4O5P/c1-21-31(32(38)42)29(17-25-9-5-6-10-26(25)20-46-47(43,44)45-19-22-7-3-2-4-8-22)40-41(21)30-16-23(11-12-39-30)13-24-14-27(33(35,36)37)18-28(34)15-24/h2-12,14-16,18H,13,17,19-20H2,1H3,(H2,38,42)(H,43,44). The molecule has 0 saturated carbocycles. The monoisotopic (exact) mass is 668 g/mol. The first kappa shape index (κ1) is 33.7. The molecule has 0 aliphatic heterocycles. The van der Waals surface area contributed by atoms with Crippen molar-refractivity contribution in [3.8, 4) is 5.82 Å². The fourth-order valence-electron chi connectivity index (χ4n) is 5.04. The normalized spacial score (nSPS) is 13.0. The summed E-state index contributed by atoms with van der Waals surface area (Å²) in [5.41, 5.74) is 7.95. The molecule has 0 saturated heterocycles. The van der Waals surface area contributed by atoms with Crippen LogP contribution >= 0.6 is 7.82 Å². The number of hydrogen-bond donors (Lipinski definition) is 2. The maximum atomic E-state index is 14.0. The molecule has 0 spiro atoms. The first-order valence-electron chi connectivity index (χ1n) is 14.2. The topological polar surface area (TPSA) is 130 Å². The molecular weight excluding hydrogens is 639 g/mol. The molecule has 5 rings (SSSR count). The maximum absolute atomic E-state index is 14.0. The van der Waals surface area contributed by atoms with Crippen LogP contribution in [0.4, 0.5) is 17.6 Å². The Labute approximate surface area is 267 Å². The van der Waals surface area contributed by atoms with E-state index in [-0.39, 0.29) is 43.0 Å². The van der Waals surface area contributed by atoms with Gasteiger partial charge in [-0.1, -0.05) is 54.6 Å². The highest BCUT2D eigenvalue weighted by Gasteiger charge is 2.31. The van der Waals surface area contributed by atoms with Crippen molar-refractivity contribution >= 4 is 13.7 Å². The zero-order chi connectivity index (χ0) is 33.8. The van der Waals surface area contributed by atoms with Crippen LogP contribution in [0.2, 0.25) is 0 Å². The third-order valence-corrected chi connectivity index (χ3v) is 8.16. The van der Waals surface area contributed by atoms with Gasteiger partial charge in [-0.25, -0.2) is 18.6 Å². The lowest BCUT2D eigenvalue weighted by molar-refractivity contribution is -0.137. The molecule has 3 N–H and O–H groups in total. The minimum atomic E-state index is -4.70. The van der Waals surface area contributed by atoms with Crippen molar-refractivity contribution in [2.45, 2.75) is 39.2 Å². The molecule has 47 heavy (non-hydrogen) atoms. The SMILES string of the molecule is Cc1c(C(N)=O)c(Cc2ccccc2COP(=O)(O)OCc2ccccc2)nn1-c1cc(Cc2cc(F)cc(C(F)(F)F)c2)ccn1. The van der Waals surface area contributed by atoms with Crippen LogP contribution in [0.1, 0.15) is 55.1 Å². The number of carbonyl (C=O) groups excluding carboxylic acids is 1. The van der Waals surface area contributed by atoms with Gasteiger partial charge >= 0.3 is 14.0 Å². The van der Waals surface area contributed by atoms with Crippen LogP contribution in [0.15, 0.2) is 91.1 Å². The van der Waals surface area contributed by atoms with Crippen LogP contribution in [0.25, 0.3) is 5.82 Å². The quantitative estimate of drug-likeness (QED) is 0.110. The highest BCUT2D eigenvalue weighted by molar-refractivity contribution is 7.47. The minimum Gasteiger partial charge on any atom is -0.365 e. The lowest BCUT2D eigenvalue weighted by Gasteiger charge is -2.14. The van der Waals surface area contributed by atoms with Crippen LogP contribution < -0.4 is 5.73 Å². The Morgan fingerprint density at radius 3 is 2.28 bits per heavy atom. The van der Waals surface area contributed by atoms with Gasteiger partial charge in [0.2, 0.25) is 0 Å². The summed E-state index contributed by atoms with van der Waals surface area (Å²) >= 11 is 0. The Morgan fingerprint density at radius 1 is 0.894 bits per heavy atom. The van der Waals surface area contributed by atoms with Crippen LogP contribution in [0.5, 0.6) is 0 Å². The molecule has 0 bridgehead atoms. The molecule has 244 valence electrons. The molecule has 2 aromatic heterocycles. The van der Waals surface area contributed by atoms with E-state index in [0.29, 0.717) is 39.7 Å². The Kier molecular flexibility index (Phi) is 10.0. The van der Waals surface area contributed by atoms with E-state index in [2.05, 4.69) is 10.1 Å². The molecule has 0 aliphatic rings. The number of hydrogen-bond acceptors (Lipinski definition) is 6. The molecule has 3 aromatic carbocycles. The first-order chi connectivity index (χ1) is 22.3. The third kappa shape index (κ3) is 8.57. The predicted molar refractivity (Wildman–Crippen MR) is 164 cm³/mol. The fraction of sp³-hybridized carbons (Fsp3) is 0.182. The van der Waals surface area contributed by atoms with Gasteiger partial charge in [0.25, 0.3) is 5.91 Å². The van der Waals surface area contributed by atoms with Gasteiger partial charge in [0.05, 0.1) is 35.7 Å². The van der Waals surface area contributed by atoms with Gasteiger partial charge in [-0.05, 0) is 71.5 Å². The van der Waals surface area contributed by atoms with Crippen molar-refractivity contribution in [2.24, 2.45) is 5.73 Å². The van der Waals surface area contributed by atoms with Crippen LogP contribution in [0, 0.1) is 12.7 Å². The van der Waals surface area contributed by atoms with E-state index in [1.165, 1.54) is 10.9 Å². The van der Waals surface area contributed by atoms with E-state index in [9.17, 15) is 31.8 Å². The lowest BCUT2D eigenvalue weighted by Crippen LogP contribution is -2.14. The lowest BCUT2D eigenvalue weighted by atomic mass is 10.0. The molecule has 14 heteroatoms. The van der Waals surface area contributed by atoms with Crippen LogP contribution in [-0.4, -0.2) is 25.6 Å². The van der Waals surface area contributed by atoms with E-state index in [4.69, 9.17) is 14.8 Å². The summed E-state index contributed by atoms with van der Waals surface area (Å²) < 4.78 is 78.0. The predicted octanol–water partition coefficient (Wildman–Crippen LogP) is 6.85. The van der Waals surface area contributed by atoms with Gasteiger partial charge < -0.3 is 10.6 Å².